The van der Waals surface area contributed by atoms with Gasteiger partial charge < -0.3 is 19.7 Å². The second kappa shape index (κ2) is 11.0. The van der Waals surface area contributed by atoms with Crippen LogP contribution in [0.1, 0.15) is 20.8 Å². The van der Waals surface area contributed by atoms with E-state index < -0.39 is 48.1 Å². The molecule has 0 saturated carbocycles. The summed E-state index contributed by atoms with van der Waals surface area (Å²) < 4.78 is 110. The van der Waals surface area contributed by atoms with E-state index in [0.717, 1.165) is 4.90 Å². The highest BCUT2D eigenvalue weighted by Crippen LogP contribution is 2.21. The number of hydrogen-bond acceptors (Lipinski definition) is 6. The lowest BCUT2D eigenvalue weighted by molar-refractivity contribution is -0.221. The first-order valence-electron chi connectivity index (χ1n) is 7.67. The van der Waals surface area contributed by atoms with Crippen molar-refractivity contribution in [2.45, 2.75) is 44.9 Å². The molecule has 0 rings (SSSR count). The molecule has 0 unspecified atom stereocenters. The minimum Gasteiger partial charge on any atom is -0.444 e. The third kappa shape index (κ3) is 14.8. The van der Waals surface area contributed by atoms with Gasteiger partial charge in [-0.15, -0.1) is 0 Å². The zero-order valence-electron chi connectivity index (χ0n) is 16.2. The molecule has 0 saturated heterocycles. The maximum absolute atomic E-state index is 11.8. The van der Waals surface area contributed by atoms with Crippen LogP contribution in [0.2, 0.25) is 0 Å². The van der Waals surface area contributed by atoms with Crippen LogP contribution in [0.15, 0.2) is 0 Å². The van der Waals surface area contributed by atoms with E-state index in [1.165, 1.54) is 7.05 Å². The maximum atomic E-state index is 11.8. The van der Waals surface area contributed by atoms with Gasteiger partial charge in [-0.2, -0.15) is 39.5 Å². The molecule has 8 nitrogen and oxygen atoms in total. The van der Waals surface area contributed by atoms with Gasteiger partial charge in [-0.1, -0.05) is 0 Å². The SMILES string of the molecule is CN(CCNC(=O)C(F)(F)F)C(=O)OC(C)(C)C.O=C(OC(=O)C(F)(F)F)C(F)(F)F. The van der Waals surface area contributed by atoms with Crippen LogP contribution in [0.25, 0.3) is 0 Å². The van der Waals surface area contributed by atoms with Gasteiger partial charge in [0.25, 0.3) is 0 Å². The molecule has 0 atom stereocenters. The van der Waals surface area contributed by atoms with Gasteiger partial charge >= 0.3 is 42.5 Å². The van der Waals surface area contributed by atoms with Gasteiger partial charge in [-0.3, -0.25) is 4.79 Å². The minimum absolute atomic E-state index is 0.0727. The van der Waals surface area contributed by atoms with Gasteiger partial charge in [0.1, 0.15) is 5.60 Å². The quantitative estimate of drug-likeness (QED) is 0.379. The molecule has 0 aliphatic carbocycles. The van der Waals surface area contributed by atoms with Crippen molar-refractivity contribution >= 4 is 23.9 Å². The molecule has 1 N–H and O–H groups in total. The van der Waals surface area contributed by atoms with Crippen molar-refractivity contribution < 1.29 is 68.2 Å². The van der Waals surface area contributed by atoms with Crippen molar-refractivity contribution in [1.82, 2.24) is 10.2 Å². The zero-order valence-corrected chi connectivity index (χ0v) is 16.2. The molecule has 0 heterocycles. The van der Waals surface area contributed by atoms with Crippen molar-refractivity contribution in [1.29, 1.82) is 0 Å². The molecule has 0 bridgehead atoms. The normalized spacial score (nSPS) is 12.2. The summed E-state index contributed by atoms with van der Waals surface area (Å²) in [6, 6.07) is 0. The zero-order chi connectivity index (χ0) is 25.4. The summed E-state index contributed by atoms with van der Waals surface area (Å²) in [4.78, 5) is 42.3. The number of nitrogens with one attached hydrogen (secondary N) is 1. The Kier molecular flexibility index (Phi) is 10.8. The van der Waals surface area contributed by atoms with Gasteiger partial charge in [0, 0.05) is 20.1 Å². The minimum atomic E-state index is -5.62. The first kappa shape index (κ1) is 30.4. The Hall–Kier alpha value is -2.75. The van der Waals surface area contributed by atoms with Crippen LogP contribution >= 0.6 is 0 Å². The number of rotatable bonds is 3. The molecule has 0 aliphatic heterocycles. The van der Waals surface area contributed by atoms with Crippen LogP contribution in [-0.4, -0.2) is 73.1 Å². The number of hydrogen-bond donors (Lipinski definition) is 1. The summed E-state index contributed by atoms with van der Waals surface area (Å²) in [5.74, 6) is -8.43. The van der Waals surface area contributed by atoms with Crippen LogP contribution in [0.4, 0.5) is 44.3 Å². The summed E-state index contributed by atoms with van der Waals surface area (Å²) in [6.45, 7) is 4.64. The molecule has 0 radical (unpaired) electrons. The monoisotopic (exact) mass is 480 g/mol. The van der Waals surface area contributed by atoms with Crippen molar-refractivity contribution in [3.63, 3.8) is 0 Å². The van der Waals surface area contributed by atoms with Crippen molar-refractivity contribution in [2.24, 2.45) is 0 Å². The molecular formula is C14H17F9N2O6. The van der Waals surface area contributed by atoms with E-state index >= 15 is 0 Å². The Balaban J connectivity index is 0. The molecule has 0 spiro atoms. The molecule has 0 aromatic carbocycles. The van der Waals surface area contributed by atoms with Crippen molar-refractivity contribution in [3.05, 3.63) is 0 Å². The fourth-order valence-corrected chi connectivity index (χ4v) is 1.07. The van der Waals surface area contributed by atoms with Gasteiger partial charge in [0.2, 0.25) is 0 Å². The molecule has 0 aromatic rings. The lowest BCUT2D eigenvalue weighted by atomic mass is 10.2. The molecular weight excluding hydrogens is 463 g/mol. The number of ether oxygens (including phenoxy) is 2. The predicted octanol–water partition coefficient (Wildman–Crippen LogP) is 2.71. The van der Waals surface area contributed by atoms with Crippen molar-refractivity contribution in [3.8, 4) is 0 Å². The van der Waals surface area contributed by atoms with Crippen LogP contribution in [0.3, 0.4) is 0 Å². The number of nitrogens with zero attached hydrogens (tertiary/aromatic N) is 1. The van der Waals surface area contributed by atoms with Crippen LogP contribution in [-0.2, 0) is 23.9 Å². The Bertz CT molecular complexity index is 627. The van der Waals surface area contributed by atoms with Crippen LogP contribution < -0.4 is 5.32 Å². The highest BCUT2D eigenvalue weighted by molar-refractivity contribution is 5.90. The second-order valence-electron chi connectivity index (χ2n) is 6.33. The Morgan fingerprint density at radius 1 is 0.774 bits per heavy atom. The van der Waals surface area contributed by atoms with Crippen LogP contribution in [0.5, 0.6) is 0 Å². The number of amides is 2. The molecule has 182 valence electrons. The number of carbonyl (C=O) groups is 4. The average molecular weight is 480 g/mol. The summed E-state index contributed by atoms with van der Waals surface area (Å²) in [7, 11) is 1.37. The van der Waals surface area contributed by atoms with Crippen molar-refractivity contribution in [2.75, 3.05) is 20.1 Å². The summed E-state index contributed by atoms with van der Waals surface area (Å²) in [6.07, 6.45) is -16.8. The number of carbonyl (C=O) groups excluding carboxylic acids is 4. The first-order chi connectivity index (χ1) is 13.5. The number of alkyl halides is 9. The third-order valence-corrected chi connectivity index (χ3v) is 2.34. The van der Waals surface area contributed by atoms with Gasteiger partial charge in [-0.05, 0) is 20.8 Å². The predicted molar refractivity (Wildman–Crippen MR) is 81.1 cm³/mol. The Morgan fingerprint density at radius 2 is 1.16 bits per heavy atom. The smallest absolute Gasteiger partial charge is 0.444 e. The fraction of sp³-hybridized carbons (Fsp3) is 0.714. The lowest BCUT2D eigenvalue weighted by Gasteiger charge is -2.24. The lowest BCUT2D eigenvalue weighted by Crippen LogP contribution is -2.42. The third-order valence-electron chi connectivity index (χ3n) is 2.34. The molecule has 31 heavy (non-hydrogen) atoms. The molecule has 0 aromatic heterocycles. The molecule has 2 amide bonds. The van der Waals surface area contributed by atoms with E-state index in [-0.39, 0.29) is 13.1 Å². The highest BCUT2D eigenvalue weighted by Gasteiger charge is 2.49. The van der Waals surface area contributed by atoms with E-state index in [4.69, 9.17) is 4.74 Å². The molecule has 0 fully saturated rings. The largest absolute Gasteiger partial charge is 0.491 e. The number of esters is 2. The van der Waals surface area contributed by atoms with E-state index in [1.807, 2.05) is 0 Å². The van der Waals surface area contributed by atoms with E-state index in [1.54, 1.807) is 26.1 Å². The van der Waals surface area contributed by atoms with E-state index in [2.05, 4.69) is 4.74 Å². The number of likely N-dealkylation sites (N-methyl/N-ethyl adjacent to an activating group) is 1. The average Bonchev–Trinajstić information content (AvgIpc) is 2.50. The standard InChI is InChI=1S/C10H17F3N2O3.C4F6O3/c1-9(2,3)18-8(17)15(4)6-5-14-7(16)10(11,12)13;5-3(6,7)1(11)13-2(12)4(8,9)10/h5-6H2,1-4H3,(H,14,16);. The summed E-state index contributed by atoms with van der Waals surface area (Å²) in [5.41, 5.74) is -0.680. The molecule has 0 aliphatic rings. The van der Waals surface area contributed by atoms with Gasteiger partial charge in [0.05, 0.1) is 0 Å². The van der Waals surface area contributed by atoms with E-state index in [0.29, 0.717) is 0 Å². The summed E-state index contributed by atoms with van der Waals surface area (Å²) in [5, 5.41) is 1.66. The van der Waals surface area contributed by atoms with Crippen LogP contribution in [0, 0.1) is 0 Å². The van der Waals surface area contributed by atoms with Gasteiger partial charge in [-0.25, -0.2) is 14.4 Å². The number of halogens is 9. The second-order valence-corrected chi connectivity index (χ2v) is 6.33. The van der Waals surface area contributed by atoms with E-state index in [9.17, 15) is 58.7 Å². The Labute approximate surface area is 168 Å². The fourth-order valence-electron chi connectivity index (χ4n) is 1.07. The molecule has 17 heteroatoms. The maximum Gasteiger partial charge on any atom is 0.491 e. The summed E-state index contributed by atoms with van der Waals surface area (Å²) >= 11 is 0. The topological polar surface area (TPSA) is 102 Å². The Morgan fingerprint density at radius 3 is 1.45 bits per heavy atom. The first-order valence-corrected chi connectivity index (χ1v) is 7.67. The van der Waals surface area contributed by atoms with Gasteiger partial charge in [0.15, 0.2) is 0 Å². The highest BCUT2D eigenvalue weighted by atomic mass is 19.4.